The summed E-state index contributed by atoms with van der Waals surface area (Å²) in [6, 6.07) is 0. The van der Waals surface area contributed by atoms with Crippen LogP contribution in [0.2, 0.25) is 0 Å². The van der Waals surface area contributed by atoms with Crippen LogP contribution in [-0.4, -0.2) is 120 Å². The van der Waals surface area contributed by atoms with Gasteiger partial charge in [0.05, 0.1) is 97.1 Å². The minimum Gasteiger partial charge on any atom is -0.382 e. The van der Waals surface area contributed by atoms with Crippen molar-refractivity contribution in [1.82, 2.24) is 35.3 Å². The number of hydrogen-bond donors (Lipinski definition) is 1. The number of rotatable bonds is 26. The number of ether oxygens (including phenoxy) is 6. The molecule has 0 radical (unpaired) electrons. The van der Waals surface area contributed by atoms with E-state index in [-0.39, 0.29) is 32.3 Å². The van der Waals surface area contributed by atoms with Crippen LogP contribution in [0.3, 0.4) is 0 Å². The lowest BCUT2D eigenvalue weighted by molar-refractivity contribution is -0.124. The van der Waals surface area contributed by atoms with Gasteiger partial charge < -0.3 is 33.7 Å². The molecule has 0 bridgehead atoms. The smallest absolute Gasteiger partial charge is 0.221 e. The summed E-state index contributed by atoms with van der Waals surface area (Å²) >= 11 is 1.77. The van der Waals surface area contributed by atoms with Crippen LogP contribution in [-0.2, 0) is 59.5 Å². The summed E-state index contributed by atoms with van der Waals surface area (Å²) in [6.45, 7) is 9.39. The van der Waals surface area contributed by atoms with Crippen molar-refractivity contribution in [1.29, 1.82) is 0 Å². The Bertz CT molecular complexity index is 889. The maximum Gasteiger partial charge on any atom is 0.221 e. The van der Waals surface area contributed by atoms with E-state index >= 15 is 0 Å². The van der Waals surface area contributed by atoms with Crippen LogP contribution in [0, 0.1) is 0 Å². The zero-order chi connectivity index (χ0) is 29.6. The first-order valence-corrected chi connectivity index (χ1v) is 15.1. The largest absolute Gasteiger partial charge is 0.382 e. The van der Waals surface area contributed by atoms with Gasteiger partial charge in [-0.25, -0.2) is 9.36 Å². The Balaban J connectivity index is 1.82. The fourth-order valence-electron chi connectivity index (χ4n) is 3.52. The average Bonchev–Trinajstić information content (AvgIpc) is 3.60. The van der Waals surface area contributed by atoms with Gasteiger partial charge in [0.1, 0.15) is 11.4 Å². The summed E-state index contributed by atoms with van der Waals surface area (Å²) in [4.78, 5) is 12.7. The molecule has 0 saturated heterocycles. The van der Waals surface area contributed by atoms with E-state index in [0.717, 1.165) is 17.9 Å². The summed E-state index contributed by atoms with van der Waals surface area (Å²) in [5.41, 5.74) is 0.633. The third-order valence-electron chi connectivity index (χ3n) is 5.57. The maximum absolute atomic E-state index is 12.7. The zero-order valence-corrected chi connectivity index (χ0v) is 25.7. The van der Waals surface area contributed by atoms with Crippen LogP contribution < -0.4 is 5.32 Å². The molecule has 0 atom stereocenters. The molecule has 0 spiro atoms. The van der Waals surface area contributed by atoms with E-state index in [1.807, 2.05) is 19.3 Å². The molecule has 2 aromatic rings. The Morgan fingerprint density at radius 3 is 1.85 bits per heavy atom. The minimum absolute atomic E-state index is 0.0397. The van der Waals surface area contributed by atoms with Gasteiger partial charge >= 0.3 is 0 Å². The predicted octanol–water partition coefficient (Wildman–Crippen LogP) is 1.34. The molecule has 0 aromatic carbocycles. The Morgan fingerprint density at radius 2 is 1.37 bits per heavy atom. The second-order valence-electron chi connectivity index (χ2n) is 9.61. The van der Waals surface area contributed by atoms with Gasteiger partial charge in [-0.05, 0) is 19.1 Å². The molecule has 0 aliphatic rings. The average molecular weight is 602 g/mol. The Morgan fingerprint density at radius 1 is 0.829 bits per heavy atom. The number of carbonyl (C=O) groups is 1. The molecule has 0 aliphatic carbocycles. The molecule has 41 heavy (non-hydrogen) atoms. The van der Waals surface area contributed by atoms with E-state index in [4.69, 9.17) is 28.4 Å². The number of aromatic nitrogens is 6. The van der Waals surface area contributed by atoms with Crippen molar-refractivity contribution >= 4 is 17.7 Å². The van der Waals surface area contributed by atoms with Gasteiger partial charge in [-0.2, -0.15) is 11.8 Å². The Kier molecular flexibility index (Phi) is 18.4. The molecule has 2 rings (SSSR count). The lowest BCUT2D eigenvalue weighted by Crippen LogP contribution is -2.53. The first kappa shape index (κ1) is 35.1. The van der Waals surface area contributed by atoms with E-state index in [1.165, 1.54) is 0 Å². The quantitative estimate of drug-likeness (QED) is 0.155. The van der Waals surface area contributed by atoms with E-state index in [9.17, 15) is 4.79 Å². The highest BCUT2D eigenvalue weighted by Gasteiger charge is 2.28. The van der Waals surface area contributed by atoms with E-state index in [0.29, 0.717) is 70.5 Å². The van der Waals surface area contributed by atoms with Crippen molar-refractivity contribution < 1.29 is 33.2 Å². The molecular weight excluding hydrogens is 554 g/mol. The predicted molar refractivity (Wildman–Crippen MR) is 154 cm³/mol. The second-order valence-corrected chi connectivity index (χ2v) is 10.8. The topological polar surface area (TPSA) is 146 Å². The Labute approximate surface area is 247 Å². The number of nitrogens with one attached hydrogen (secondary N) is 1. The summed E-state index contributed by atoms with van der Waals surface area (Å²) < 4.78 is 36.2. The molecule has 0 fully saturated rings. The van der Waals surface area contributed by atoms with Gasteiger partial charge in [0.15, 0.2) is 0 Å². The molecule has 15 heteroatoms. The van der Waals surface area contributed by atoms with E-state index in [2.05, 4.69) is 32.9 Å². The van der Waals surface area contributed by atoms with Crippen molar-refractivity contribution in [2.24, 2.45) is 0 Å². The fourth-order valence-corrected chi connectivity index (χ4v) is 4.34. The molecule has 234 valence electrons. The zero-order valence-electron chi connectivity index (χ0n) is 24.9. The highest BCUT2D eigenvalue weighted by atomic mass is 32.2. The van der Waals surface area contributed by atoms with Crippen LogP contribution in [0.4, 0.5) is 0 Å². The molecule has 2 aromatic heterocycles. The number of carbonyl (C=O) groups excluding carboxylic acids is 1. The first-order chi connectivity index (χ1) is 20.0. The van der Waals surface area contributed by atoms with Gasteiger partial charge in [0, 0.05) is 26.4 Å². The van der Waals surface area contributed by atoms with Crippen LogP contribution in [0.15, 0.2) is 12.4 Å². The van der Waals surface area contributed by atoms with Crippen molar-refractivity contribution in [2.45, 2.75) is 58.5 Å². The van der Waals surface area contributed by atoms with Gasteiger partial charge in [-0.1, -0.05) is 17.4 Å². The molecule has 2 heterocycles. The maximum atomic E-state index is 12.7. The molecule has 1 amide bonds. The molecule has 1 N–H and O–H groups in total. The monoisotopic (exact) mass is 601 g/mol. The number of nitrogens with zero attached hydrogens (tertiary/aromatic N) is 6. The summed E-state index contributed by atoms with van der Waals surface area (Å²) in [5.74, 6) is 1.77. The third kappa shape index (κ3) is 16.2. The fraction of sp³-hybridized carbons (Fsp3) is 0.808. The SMILES string of the molecule is CCCSCCC(=O)NC(C)(COCc1cn(CCOCCOC)nn1)COCc1cn(CCOCCOC)nn1. The number of amides is 1. The van der Waals surface area contributed by atoms with Gasteiger partial charge in [0.25, 0.3) is 0 Å². The minimum atomic E-state index is -0.747. The standard InChI is InChI=1S/C26H47N7O7S/c1-5-15-41-16-6-25(34)27-26(2,21-39-19-23-17-32(30-28-23)7-9-37-13-11-35-3)22-40-20-24-18-33(31-29-24)8-10-38-14-12-36-4/h17-18H,5-16,19-22H2,1-4H3,(H,27,34). The number of thioether (sulfide) groups is 1. The van der Waals surface area contributed by atoms with Crippen molar-refractivity contribution in [3.05, 3.63) is 23.8 Å². The summed E-state index contributed by atoms with van der Waals surface area (Å²) in [6.07, 6.45) is 5.16. The van der Waals surface area contributed by atoms with E-state index in [1.54, 1.807) is 35.3 Å². The molecule has 0 unspecified atom stereocenters. The highest BCUT2D eigenvalue weighted by molar-refractivity contribution is 7.99. The van der Waals surface area contributed by atoms with Crippen LogP contribution >= 0.6 is 11.8 Å². The molecular formula is C26H47N7O7S. The van der Waals surface area contributed by atoms with Crippen molar-refractivity contribution in [3.63, 3.8) is 0 Å². The van der Waals surface area contributed by atoms with E-state index < -0.39 is 5.54 Å². The Hall–Kier alpha value is -2.14. The van der Waals surface area contributed by atoms with Gasteiger partial charge in [0.2, 0.25) is 5.91 Å². The number of methoxy groups -OCH3 is 2. The van der Waals surface area contributed by atoms with Crippen molar-refractivity contribution in [3.8, 4) is 0 Å². The van der Waals surface area contributed by atoms with Crippen molar-refractivity contribution in [2.75, 3.05) is 78.6 Å². The second kappa shape index (κ2) is 21.5. The highest BCUT2D eigenvalue weighted by Crippen LogP contribution is 2.11. The van der Waals surface area contributed by atoms with Crippen LogP contribution in [0.5, 0.6) is 0 Å². The lowest BCUT2D eigenvalue weighted by atomic mass is 10.1. The van der Waals surface area contributed by atoms with Gasteiger partial charge in [-0.15, -0.1) is 10.2 Å². The number of hydrogen-bond acceptors (Lipinski definition) is 12. The molecule has 0 saturated carbocycles. The summed E-state index contributed by atoms with van der Waals surface area (Å²) in [7, 11) is 3.28. The van der Waals surface area contributed by atoms with Gasteiger partial charge in [-0.3, -0.25) is 4.79 Å². The lowest BCUT2D eigenvalue weighted by Gasteiger charge is -2.30. The van der Waals surface area contributed by atoms with Crippen LogP contribution in [0.1, 0.15) is 38.1 Å². The third-order valence-corrected chi connectivity index (χ3v) is 6.76. The molecule has 14 nitrogen and oxygen atoms in total. The van der Waals surface area contributed by atoms with Crippen LogP contribution in [0.25, 0.3) is 0 Å². The normalized spacial score (nSPS) is 11.8. The first-order valence-electron chi connectivity index (χ1n) is 13.9. The summed E-state index contributed by atoms with van der Waals surface area (Å²) in [5, 5.41) is 19.7. The molecule has 0 aliphatic heterocycles.